The number of aromatic amines is 2. The molecule has 0 fully saturated rings. The lowest BCUT2D eigenvalue weighted by molar-refractivity contribution is 0.0924. The Morgan fingerprint density at radius 3 is 2.55 bits per heavy atom. The highest BCUT2D eigenvalue weighted by Gasteiger charge is 2.24. The second-order valence-corrected chi connectivity index (χ2v) is 7.22. The largest absolute Gasteiger partial charge is 0.497 e. The van der Waals surface area contributed by atoms with Gasteiger partial charge in [-0.1, -0.05) is 26.0 Å². The zero-order valence-corrected chi connectivity index (χ0v) is 16.6. The number of fused-ring (bicyclic) bond motifs is 1. The molecule has 0 aliphatic carbocycles. The van der Waals surface area contributed by atoms with Gasteiger partial charge in [0.25, 0.3) is 5.91 Å². The van der Waals surface area contributed by atoms with Crippen molar-refractivity contribution in [2.45, 2.75) is 19.9 Å². The number of para-hydroxylation sites is 2. The molecular formula is C22H23N5O2. The van der Waals surface area contributed by atoms with Crippen LogP contribution in [-0.2, 0) is 0 Å². The van der Waals surface area contributed by atoms with Crippen molar-refractivity contribution in [2.24, 2.45) is 5.92 Å². The van der Waals surface area contributed by atoms with Crippen molar-refractivity contribution in [3.8, 4) is 17.0 Å². The van der Waals surface area contributed by atoms with Crippen LogP contribution in [0, 0.1) is 5.92 Å². The summed E-state index contributed by atoms with van der Waals surface area (Å²) in [6.07, 6.45) is 1.55. The van der Waals surface area contributed by atoms with Gasteiger partial charge < -0.3 is 15.0 Å². The van der Waals surface area contributed by atoms with E-state index in [4.69, 9.17) is 4.74 Å². The summed E-state index contributed by atoms with van der Waals surface area (Å²) in [5.41, 5.74) is 3.83. The molecule has 0 saturated carbocycles. The number of methoxy groups -OCH3 is 1. The number of H-pyrrole nitrogens is 2. The summed E-state index contributed by atoms with van der Waals surface area (Å²) < 4.78 is 5.20. The number of carbonyl (C=O) groups is 1. The molecule has 0 radical (unpaired) electrons. The molecular weight excluding hydrogens is 366 g/mol. The number of hydrogen-bond acceptors (Lipinski definition) is 4. The predicted molar refractivity (Wildman–Crippen MR) is 112 cm³/mol. The third-order valence-corrected chi connectivity index (χ3v) is 4.92. The second kappa shape index (κ2) is 7.79. The Balaban J connectivity index is 1.61. The maximum absolute atomic E-state index is 13.1. The number of ether oxygens (including phenoxy) is 1. The summed E-state index contributed by atoms with van der Waals surface area (Å²) >= 11 is 0. The Hall–Kier alpha value is -3.61. The first-order valence-electron chi connectivity index (χ1n) is 9.50. The van der Waals surface area contributed by atoms with Crippen molar-refractivity contribution in [1.82, 2.24) is 25.5 Å². The summed E-state index contributed by atoms with van der Waals surface area (Å²) in [7, 11) is 1.62. The topological polar surface area (TPSA) is 95.7 Å². The van der Waals surface area contributed by atoms with Crippen LogP contribution in [0.15, 0.2) is 54.7 Å². The number of nitrogens with zero attached hydrogens (tertiary/aromatic N) is 2. The first-order valence-corrected chi connectivity index (χ1v) is 9.50. The van der Waals surface area contributed by atoms with Crippen LogP contribution in [0.3, 0.4) is 0 Å². The number of imidazole rings is 1. The third-order valence-electron chi connectivity index (χ3n) is 4.92. The fourth-order valence-electron chi connectivity index (χ4n) is 3.33. The van der Waals surface area contributed by atoms with Crippen molar-refractivity contribution in [3.05, 3.63) is 66.1 Å². The summed E-state index contributed by atoms with van der Waals surface area (Å²) in [5.74, 6) is 1.44. The zero-order valence-electron chi connectivity index (χ0n) is 16.6. The van der Waals surface area contributed by atoms with E-state index >= 15 is 0 Å². The van der Waals surface area contributed by atoms with Crippen LogP contribution in [0.4, 0.5) is 0 Å². The standard InChI is InChI=1S/C22H23N5O2/c1-13(2)19(21-24-17-6-4-5-7-18(17)25-21)26-22(28)16-12-23-27-20(16)14-8-10-15(29-3)11-9-14/h4-13,19H,1-3H3,(H,23,27)(H,24,25)(H,26,28). The van der Waals surface area contributed by atoms with E-state index in [1.807, 2.05) is 48.5 Å². The number of aromatic nitrogens is 4. The molecule has 7 heteroatoms. The maximum atomic E-state index is 13.1. The SMILES string of the molecule is COc1ccc(-c2[nH]ncc2C(=O)NC(c2nc3ccccc3[nH]2)C(C)C)cc1. The highest BCUT2D eigenvalue weighted by atomic mass is 16.5. The number of hydrogen-bond donors (Lipinski definition) is 3. The average molecular weight is 389 g/mol. The Morgan fingerprint density at radius 2 is 1.86 bits per heavy atom. The minimum Gasteiger partial charge on any atom is -0.497 e. The summed E-state index contributed by atoms with van der Waals surface area (Å²) in [6.45, 7) is 4.11. The highest BCUT2D eigenvalue weighted by Crippen LogP contribution is 2.26. The Labute approximate surface area is 168 Å². The lowest BCUT2D eigenvalue weighted by Crippen LogP contribution is -2.32. The molecule has 1 unspecified atom stereocenters. The third kappa shape index (κ3) is 3.71. The van der Waals surface area contributed by atoms with Gasteiger partial charge >= 0.3 is 0 Å². The fraction of sp³-hybridized carbons (Fsp3) is 0.227. The van der Waals surface area contributed by atoms with E-state index in [9.17, 15) is 4.79 Å². The summed E-state index contributed by atoms with van der Waals surface area (Å²) in [6, 6.07) is 15.1. The first-order chi connectivity index (χ1) is 14.1. The molecule has 29 heavy (non-hydrogen) atoms. The Bertz CT molecular complexity index is 1090. The van der Waals surface area contributed by atoms with Crippen molar-refractivity contribution in [3.63, 3.8) is 0 Å². The van der Waals surface area contributed by atoms with E-state index in [1.165, 1.54) is 0 Å². The van der Waals surface area contributed by atoms with Crippen LogP contribution in [0.5, 0.6) is 5.75 Å². The van der Waals surface area contributed by atoms with E-state index in [-0.39, 0.29) is 17.9 Å². The summed E-state index contributed by atoms with van der Waals surface area (Å²) in [4.78, 5) is 21.1. The van der Waals surface area contributed by atoms with Crippen LogP contribution >= 0.6 is 0 Å². The van der Waals surface area contributed by atoms with Crippen LogP contribution in [0.1, 0.15) is 36.1 Å². The van der Waals surface area contributed by atoms with Gasteiger partial charge in [-0.3, -0.25) is 9.89 Å². The molecule has 0 saturated heterocycles. The number of carbonyl (C=O) groups excluding carboxylic acids is 1. The number of nitrogens with one attached hydrogen (secondary N) is 3. The molecule has 7 nitrogen and oxygen atoms in total. The lowest BCUT2D eigenvalue weighted by atomic mass is 10.0. The van der Waals surface area contributed by atoms with E-state index < -0.39 is 0 Å². The monoisotopic (exact) mass is 389 g/mol. The van der Waals surface area contributed by atoms with Crippen LogP contribution in [0.25, 0.3) is 22.3 Å². The van der Waals surface area contributed by atoms with Crippen molar-refractivity contribution >= 4 is 16.9 Å². The number of benzene rings is 2. The van der Waals surface area contributed by atoms with Crippen LogP contribution < -0.4 is 10.1 Å². The molecule has 3 N–H and O–H groups in total. The van der Waals surface area contributed by atoms with Gasteiger partial charge in [0.15, 0.2) is 0 Å². The number of amides is 1. The molecule has 2 heterocycles. The van der Waals surface area contributed by atoms with Gasteiger partial charge in [-0.15, -0.1) is 0 Å². The van der Waals surface area contributed by atoms with Gasteiger partial charge in [0.2, 0.25) is 0 Å². The molecule has 0 spiro atoms. The minimum atomic E-state index is -0.256. The quantitative estimate of drug-likeness (QED) is 0.463. The molecule has 1 atom stereocenters. The van der Waals surface area contributed by atoms with E-state index in [0.717, 1.165) is 28.2 Å². The lowest BCUT2D eigenvalue weighted by Gasteiger charge is -2.20. The maximum Gasteiger partial charge on any atom is 0.255 e. The normalized spacial score (nSPS) is 12.3. The second-order valence-electron chi connectivity index (χ2n) is 7.22. The van der Waals surface area contributed by atoms with Gasteiger partial charge in [-0.2, -0.15) is 5.10 Å². The van der Waals surface area contributed by atoms with E-state index in [1.54, 1.807) is 13.3 Å². The summed E-state index contributed by atoms with van der Waals surface area (Å²) in [5, 5.41) is 10.1. The molecule has 0 aliphatic rings. The molecule has 148 valence electrons. The van der Waals surface area contributed by atoms with Crippen LogP contribution in [0.2, 0.25) is 0 Å². The zero-order chi connectivity index (χ0) is 20.4. The molecule has 4 rings (SSSR count). The van der Waals surface area contributed by atoms with Crippen molar-refractivity contribution in [2.75, 3.05) is 7.11 Å². The number of rotatable bonds is 6. The molecule has 4 aromatic rings. The average Bonchev–Trinajstić information content (AvgIpc) is 3.38. The Morgan fingerprint density at radius 1 is 1.10 bits per heavy atom. The molecule has 0 bridgehead atoms. The first kappa shape index (κ1) is 18.7. The van der Waals surface area contributed by atoms with Gasteiger partial charge in [-0.25, -0.2) is 4.98 Å². The molecule has 1 amide bonds. The minimum absolute atomic E-state index is 0.149. The molecule has 2 aromatic carbocycles. The smallest absolute Gasteiger partial charge is 0.255 e. The van der Waals surface area contributed by atoms with Gasteiger partial charge in [0.1, 0.15) is 11.6 Å². The van der Waals surface area contributed by atoms with E-state index in [0.29, 0.717) is 11.3 Å². The van der Waals surface area contributed by atoms with Gasteiger partial charge in [0.05, 0.1) is 41.6 Å². The van der Waals surface area contributed by atoms with Crippen molar-refractivity contribution < 1.29 is 9.53 Å². The Kier molecular flexibility index (Phi) is 5.03. The van der Waals surface area contributed by atoms with E-state index in [2.05, 4.69) is 39.3 Å². The highest BCUT2D eigenvalue weighted by molar-refractivity contribution is 6.00. The molecule has 2 aromatic heterocycles. The molecule has 0 aliphatic heterocycles. The van der Waals surface area contributed by atoms with Crippen LogP contribution in [-0.4, -0.2) is 33.2 Å². The predicted octanol–water partition coefficient (Wildman–Crippen LogP) is 4.09. The van der Waals surface area contributed by atoms with Gasteiger partial charge in [-0.05, 0) is 42.3 Å². The van der Waals surface area contributed by atoms with Gasteiger partial charge in [0, 0.05) is 5.56 Å². The van der Waals surface area contributed by atoms with Crippen molar-refractivity contribution in [1.29, 1.82) is 0 Å². The fourth-order valence-corrected chi connectivity index (χ4v) is 3.33.